The fraction of sp³-hybridized carbons (Fsp3) is 0.133. The van der Waals surface area contributed by atoms with Gasteiger partial charge >= 0.3 is 0 Å². The van der Waals surface area contributed by atoms with Crippen LogP contribution in [0.4, 0.5) is 0 Å². The number of fused-ring (bicyclic) bond motifs is 2. The van der Waals surface area contributed by atoms with E-state index in [1.54, 1.807) is 0 Å². The molecule has 3 heteroatoms. The third-order valence-corrected chi connectivity index (χ3v) is 3.11. The molecular weight excluding hydrogens is 244 g/mol. The lowest BCUT2D eigenvalue weighted by Gasteiger charge is -2.06. The predicted molar refractivity (Wildman–Crippen MR) is 79.1 cm³/mol. The van der Waals surface area contributed by atoms with Crippen LogP contribution in [0.1, 0.15) is 11.1 Å². The van der Waals surface area contributed by atoms with Crippen LogP contribution in [-0.4, -0.2) is 4.98 Å². The third kappa shape index (κ3) is 2.05. The van der Waals surface area contributed by atoms with Crippen LogP contribution < -0.4 is 5.73 Å². The van der Waals surface area contributed by atoms with Gasteiger partial charge in [0.05, 0.1) is 11.0 Å². The molecule has 0 aliphatic heterocycles. The molecule has 18 heavy (non-hydrogen) atoms. The molecule has 0 radical (unpaired) electrons. The Labute approximate surface area is 112 Å². The van der Waals surface area contributed by atoms with E-state index in [9.17, 15) is 0 Å². The lowest BCUT2D eigenvalue weighted by Crippen LogP contribution is -1.97. The summed E-state index contributed by atoms with van der Waals surface area (Å²) in [6, 6.07) is 14.6. The Kier molecular flexibility index (Phi) is 3.50. The molecule has 0 saturated heterocycles. The number of benzene rings is 2. The number of aromatic nitrogens is 1. The zero-order valence-electron chi connectivity index (χ0n) is 10.2. The molecule has 2 aromatic carbocycles. The average Bonchev–Trinajstić information content (AvgIpc) is 2.36. The van der Waals surface area contributed by atoms with Gasteiger partial charge in [-0.1, -0.05) is 24.3 Å². The van der Waals surface area contributed by atoms with E-state index < -0.39 is 0 Å². The SMILES string of the molecule is Cc1cc(CN)cc2cc3ccccc3nc12.Cl. The van der Waals surface area contributed by atoms with Crippen molar-refractivity contribution in [2.75, 3.05) is 0 Å². The van der Waals surface area contributed by atoms with Gasteiger partial charge in [-0.25, -0.2) is 4.98 Å². The average molecular weight is 259 g/mol. The summed E-state index contributed by atoms with van der Waals surface area (Å²) in [5, 5.41) is 2.35. The number of para-hydroxylation sites is 1. The standard InChI is InChI=1S/C15H14N2.ClH/c1-10-6-11(9-16)7-13-8-12-4-2-3-5-14(12)17-15(10)13;/h2-8H,9,16H2,1H3;1H. The summed E-state index contributed by atoms with van der Waals surface area (Å²) < 4.78 is 0. The third-order valence-electron chi connectivity index (χ3n) is 3.11. The topological polar surface area (TPSA) is 38.9 Å². The van der Waals surface area contributed by atoms with Gasteiger partial charge in [-0.05, 0) is 36.2 Å². The van der Waals surface area contributed by atoms with Crippen LogP contribution in [-0.2, 0) is 6.54 Å². The first-order valence-electron chi connectivity index (χ1n) is 5.77. The van der Waals surface area contributed by atoms with Gasteiger partial charge in [0, 0.05) is 17.3 Å². The molecule has 3 aromatic rings. The van der Waals surface area contributed by atoms with Crippen molar-refractivity contribution in [1.82, 2.24) is 4.98 Å². The number of pyridine rings is 1. The Morgan fingerprint density at radius 2 is 1.83 bits per heavy atom. The van der Waals surface area contributed by atoms with Crippen LogP contribution in [0.15, 0.2) is 42.5 Å². The molecule has 0 unspecified atom stereocenters. The normalized spacial score (nSPS) is 10.6. The number of nitrogens with two attached hydrogens (primary N) is 1. The number of hydrogen-bond donors (Lipinski definition) is 1. The van der Waals surface area contributed by atoms with Gasteiger partial charge in [0.25, 0.3) is 0 Å². The summed E-state index contributed by atoms with van der Waals surface area (Å²) in [6.07, 6.45) is 0. The number of aryl methyl sites for hydroxylation is 1. The molecule has 0 aliphatic rings. The first kappa shape index (κ1) is 12.8. The fourth-order valence-corrected chi connectivity index (χ4v) is 2.26. The molecule has 0 saturated carbocycles. The van der Waals surface area contributed by atoms with Crippen LogP contribution in [0.3, 0.4) is 0 Å². The highest BCUT2D eigenvalue weighted by Crippen LogP contribution is 2.23. The summed E-state index contributed by atoms with van der Waals surface area (Å²) in [5.74, 6) is 0. The number of rotatable bonds is 1. The van der Waals surface area contributed by atoms with Crippen LogP contribution in [0, 0.1) is 6.92 Å². The zero-order valence-corrected chi connectivity index (χ0v) is 11.0. The van der Waals surface area contributed by atoms with E-state index in [0.717, 1.165) is 16.6 Å². The summed E-state index contributed by atoms with van der Waals surface area (Å²) in [6.45, 7) is 2.66. The van der Waals surface area contributed by atoms with Crippen LogP contribution in [0.5, 0.6) is 0 Å². The molecule has 0 bridgehead atoms. The highest BCUT2D eigenvalue weighted by Gasteiger charge is 2.03. The minimum Gasteiger partial charge on any atom is -0.326 e. The van der Waals surface area contributed by atoms with Crippen LogP contribution in [0.25, 0.3) is 21.8 Å². The van der Waals surface area contributed by atoms with Crippen molar-refractivity contribution in [3.63, 3.8) is 0 Å². The molecule has 2 nitrogen and oxygen atoms in total. The minimum absolute atomic E-state index is 0. The summed E-state index contributed by atoms with van der Waals surface area (Å²) in [5.41, 5.74) is 10.2. The second kappa shape index (κ2) is 4.92. The second-order valence-electron chi connectivity index (χ2n) is 4.37. The Bertz CT molecular complexity index is 707. The maximum Gasteiger partial charge on any atom is 0.0739 e. The molecule has 3 rings (SSSR count). The van der Waals surface area contributed by atoms with E-state index in [-0.39, 0.29) is 12.4 Å². The van der Waals surface area contributed by atoms with Crippen LogP contribution in [0.2, 0.25) is 0 Å². The smallest absolute Gasteiger partial charge is 0.0739 e. The van der Waals surface area contributed by atoms with Gasteiger partial charge in [0.1, 0.15) is 0 Å². The number of nitrogens with zero attached hydrogens (tertiary/aromatic N) is 1. The number of hydrogen-bond acceptors (Lipinski definition) is 2. The Balaban J connectivity index is 0.00000120. The lowest BCUT2D eigenvalue weighted by atomic mass is 10.0. The molecule has 0 fully saturated rings. The first-order valence-corrected chi connectivity index (χ1v) is 5.77. The van der Waals surface area contributed by atoms with Gasteiger partial charge in [-0.2, -0.15) is 0 Å². The quantitative estimate of drug-likeness (QED) is 0.678. The van der Waals surface area contributed by atoms with Crippen molar-refractivity contribution in [3.05, 3.63) is 53.6 Å². The lowest BCUT2D eigenvalue weighted by molar-refractivity contribution is 1.07. The van der Waals surface area contributed by atoms with E-state index in [1.807, 2.05) is 18.2 Å². The molecule has 1 heterocycles. The highest BCUT2D eigenvalue weighted by atomic mass is 35.5. The molecule has 2 N–H and O–H groups in total. The summed E-state index contributed by atoms with van der Waals surface area (Å²) >= 11 is 0. The fourth-order valence-electron chi connectivity index (χ4n) is 2.26. The van der Waals surface area contributed by atoms with Crippen LogP contribution >= 0.6 is 12.4 Å². The maximum absolute atomic E-state index is 5.70. The Morgan fingerprint density at radius 3 is 2.61 bits per heavy atom. The van der Waals surface area contributed by atoms with E-state index in [1.165, 1.54) is 16.3 Å². The van der Waals surface area contributed by atoms with E-state index in [4.69, 9.17) is 10.7 Å². The first-order chi connectivity index (χ1) is 8.28. The van der Waals surface area contributed by atoms with Gasteiger partial charge in [0.15, 0.2) is 0 Å². The summed E-state index contributed by atoms with van der Waals surface area (Å²) in [4.78, 5) is 4.71. The van der Waals surface area contributed by atoms with Gasteiger partial charge in [-0.3, -0.25) is 0 Å². The molecule has 0 amide bonds. The molecule has 0 atom stereocenters. The van der Waals surface area contributed by atoms with Crippen molar-refractivity contribution < 1.29 is 0 Å². The molecule has 0 spiro atoms. The van der Waals surface area contributed by atoms with Crippen molar-refractivity contribution in [2.45, 2.75) is 13.5 Å². The molecule has 92 valence electrons. The van der Waals surface area contributed by atoms with Crippen molar-refractivity contribution in [1.29, 1.82) is 0 Å². The van der Waals surface area contributed by atoms with E-state index in [2.05, 4.69) is 31.2 Å². The van der Waals surface area contributed by atoms with Crippen molar-refractivity contribution >= 4 is 34.2 Å². The largest absolute Gasteiger partial charge is 0.326 e. The Hall–Kier alpha value is -1.64. The molecular formula is C15H15ClN2. The second-order valence-corrected chi connectivity index (χ2v) is 4.37. The predicted octanol–water partition coefficient (Wildman–Crippen LogP) is 3.58. The highest BCUT2D eigenvalue weighted by molar-refractivity contribution is 5.94. The molecule has 1 aromatic heterocycles. The van der Waals surface area contributed by atoms with Gasteiger partial charge in [0.2, 0.25) is 0 Å². The van der Waals surface area contributed by atoms with Crippen molar-refractivity contribution in [3.8, 4) is 0 Å². The molecule has 0 aliphatic carbocycles. The monoisotopic (exact) mass is 258 g/mol. The van der Waals surface area contributed by atoms with E-state index >= 15 is 0 Å². The van der Waals surface area contributed by atoms with Gasteiger partial charge < -0.3 is 5.73 Å². The van der Waals surface area contributed by atoms with E-state index in [0.29, 0.717) is 6.54 Å². The summed E-state index contributed by atoms with van der Waals surface area (Å²) in [7, 11) is 0. The maximum atomic E-state index is 5.70. The zero-order chi connectivity index (χ0) is 11.8. The number of halogens is 1. The minimum atomic E-state index is 0. The Morgan fingerprint density at radius 1 is 1.06 bits per heavy atom. The van der Waals surface area contributed by atoms with Crippen molar-refractivity contribution in [2.24, 2.45) is 5.73 Å². The van der Waals surface area contributed by atoms with Gasteiger partial charge in [-0.15, -0.1) is 12.4 Å².